The van der Waals surface area contributed by atoms with Crippen LogP contribution in [0.15, 0.2) is 66.7 Å². The van der Waals surface area contributed by atoms with Crippen LogP contribution < -0.4 is 5.32 Å². The Labute approximate surface area is 218 Å². The highest BCUT2D eigenvalue weighted by atomic mass is 35.5. The van der Waals surface area contributed by atoms with E-state index in [0.29, 0.717) is 23.0 Å². The Bertz CT molecular complexity index is 1160. The highest BCUT2D eigenvalue weighted by molar-refractivity contribution is 6.42. The molecule has 0 saturated heterocycles. The Kier molecular flexibility index (Phi) is 9.76. The molecule has 3 rings (SSSR count). The number of aryl methyl sites for hydroxylation is 2. The number of nitrogens with zero attached hydrogens (tertiary/aromatic N) is 1. The average Bonchev–Trinajstić information content (AvgIpc) is 2.84. The van der Waals surface area contributed by atoms with Crippen LogP contribution in [0.1, 0.15) is 41.2 Å². The van der Waals surface area contributed by atoms with E-state index in [1.54, 1.807) is 17.0 Å². The van der Waals surface area contributed by atoms with E-state index in [0.717, 1.165) is 28.7 Å². The smallest absolute Gasteiger partial charge is 0.243 e. The van der Waals surface area contributed by atoms with Crippen molar-refractivity contribution in [1.29, 1.82) is 0 Å². The maximum Gasteiger partial charge on any atom is 0.243 e. The topological polar surface area (TPSA) is 49.4 Å². The van der Waals surface area contributed by atoms with Gasteiger partial charge in [0.25, 0.3) is 0 Å². The summed E-state index contributed by atoms with van der Waals surface area (Å²) in [7, 11) is 0. The van der Waals surface area contributed by atoms with E-state index in [4.69, 9.17) is 23.2 Å². The van der Waals surface area contributed by atoms with E-state index in [2.05, 4.69) is 5.32 Å². The molecule has 0 radical (unpaired) electrons. The average molecular weight is 511 g/mol. The minimum Gasteiger partial charge on any atom is -0.354 e. The zero-order chi connectivity index (χ0) is 25.4. The number of nitrogens with one attached hydrogen (secondary N) is 1. The molecule has 3 aromatic carbocycles. The third kappa shape index (κ3) is 7.58. The lowest BCUT2D eigenvalue weighted by molar-refractivity contribution is -0.140. The van der Waals surface area contributed by atoms with Crippen molar-refractivity contribution in [1.82, 2.24) is 10.2 Å². The maximum absolute atomic E-state index is 13.8. The zero-order valence-corrected chi connectivity index (χ0v) is 22.0. The van der Waals surface area contributed by atoms with Crippen molar-refractivity contribution in [3.05, 3.63) is 105 Å². The molecule has 3 aromatic rings. The van der Waals surface area contributed by atoms with Gasteiger partial charge in [0.05, 0.1) is 16.5 Å². The van der Waals surface area contributed by atoms with Crippen LogP contribution in [0.4, 0.5) is 0 Å². The Morgan fingerprint density at radius 3 is 2.23 bits per heavy atom. The van der Waals surface area contributed by atoms with E-state index in [-0.39, 0.29) is 24.8 Å². The predicted octanol–water partition coefficient (Wildman–Crippen LogP) is 6.32. The van der Waals surface area contributed by atoms with Gasteiger partial charge in [0.1, 0.15) is 6.04 Å². The Balaban J connectivity index is 1.98. The molecular formula is C29H32Cl2N2O2. The fraction of sp³-hybridized carbons (Fsp3) is 0.310. The molecule has 4 nitrogen and oxygen atoms in total. The molecule has 0 bridgehead atoms. The first kappa shape index (κ1) is 26.8. The Morgan fingerprint density at radius 1 is 0.857 bits per heavy atom. The van der Waals surface area contributed by atoms with Gasteiger partial charge in [-0.25, -0.2) is 0 Å². The molecule has 0 heterocycles. The Morgan fingerprint density at radius 2 is 1.57 bits per heavy atom. The van der Waals surface area contributed by atoms with Gasteiger partial charge in [-0.15, -0.1) is 0 Å². The van der Waals surface area contributed by atoms with Gasteiger partial charge in [0.15, 0.2) is 0 Å². The summed E-state index contributed by atoms with van der Waals surface area (Å²) in [6.07, 6.45) is 1.43. The van der Waals surface area contributed by atoms with Crippen LogP contribution in [-0.2, 0) is 29.0 Å². The van der Waals surface area contributed by atoms with Crippen LogP contribution in [-0.4, -0.2) is 29.3 Å². The molecule has 0 spiro atoms. The lowest BCUT2D eigenvalue weighted by Gasteiger charge is -2.32. The molecule has 0 aliphatic carbocycles. The summed E-state index contributed by atoms with van der Waals surface area (Å²) < 4.78 is 0. The third-order valence-electron chi connectivity index (χ3n) is 6.08. The van der Waals surface area contributed by atoms with Gasteiger partial charge >= 0.3 is 0 Å². The van der Waals surface area contributed by atoms with Gasteiger partial charge in [-0.2, -0.15) is 0 Å². The van der Waals surface area contributed by atoms with Gasteiger partial charge in [0.2, 0.25) is 11.8 Å². The Hall–Kier alpha value is -2.82. The number of rotatable bonds is 10. The molecule has 35 heavy (non-hydrogen) atoms. The number of carbonyl (C=O) groups is 2. The summed E-state index contributed by atoms with van der Waals surface area (Å²) in [6.45, 7) is 6.89. The quantitative estimate of drug-likeness (QED) is 0.346. The van der Waals surface area contributed by atoms with Gasteiger partial charge in [0, 0.05) is 19.5 Å². The first-order chi connectivity index (χ1) is 16.8. The molecule has 6 heteroatoms. The number of halogens is 2. The fourth-order valence-electron chi connectivity index (χ4n) is 3.94. The van der Waals surface area contributed by atoms with Crippen LogP contribution in [0.25, 0.3) is 0 Å². The highest BCUT2D eigenvalue weighted by Crippen LogP contribution is 2.25. The molecule has 184 valence electrons. The number of amides is 2. The van der Waals surface area contributed by atoms with Crippen LogP contribution in [0, 0.1) is 13.8 Å². The SMILES string of the molecule is CCCNC(=O)[C@H](Cc1ccccc1)N(Cc1ccc(Cl)c(Cl)c1)C(=O)Cc1ccc(C)c(C)c1. The second-order valence-corrected chi connectivity index (χ2v) is 9.68. The van der Waals surface area contributed by atoms with Crippen molar-refractivity contribution in [3.63, 3.8) is 0 Å². The van der Waals surface area contributed by atoms with Crippen molar-refractivity contribution in [3.8, 4) is 0 Å². The molecular weight excluding hydrogens is 479 g/mol. The van der Waals surface area contributed by atoms with Crippen molar-refractivity contribution < 1.29 is 9.59 Å². The fourth-order valence-corrected chi connectivity index (χ4v) is 4.26. The van der Waals surface area contributed by atoms with Gasteiger partial charge in [-0.1, -0.05) is 84.7 Å². The first-order valence-electron chi connectivity index (χ1n) is 11.9. The molecule has 0 aliphatic heterocycles. The standard InChI is InChI=1S/C29H32Cl2N2O2/c1-4-14-32-29(35)27(17-22-8-6-5-7-9-22)33(19-24-12-13-25(30)26(31)16-24)28(34)18-23-11-10-20(2)21(3)15-23/h5-13,15-16,27H,4,14,17-19H2,1-3H3,(H,32,35)/t27-/m0/s1. The summed E-state index contributed by atoms with van der Waals surface area (Å²) in [5, 5.41) is 3.86. The molecule has 1 N–H and O–H groups in total. The molecule has 1 atom stereocenters. The molecule has 0 aliphatic rings. The van der Waals surface area contributed by atoms with E-state index < -0.39 is 6.04 Å². The van der Waals surface area contributed by atoms with Crippen LogP contribution >= 0.6 is 23.2 Å². The van der Waals surface area contributed by atoms with E-state index in [1.165, 1.54) is 5.56 Å². The predicted molar refractivity (Wildman–Crippen MR) is 144 cm³/mol. The summed E-state index contributed by atoms with van der Waals surface area (Å²) in [5.41, 5.74) is 5.03. The molecule has 0 aromatic heterocycles. The van der Waals surface area contributed by atoms with Crippen LogP contribution in [0.5, 0.6) is 0 Å². The first-order valence-corrected chi connectivity index (χ1v) is 12.6. The maximum atomic E-state index is 13.8. The normalized spacial score (nSPS) is 11.7. The van der Waals surface area contributed by atoms with E-state index in [9.17, 15) is 9.59 Å². The summed E-state index contributed by atoms with van der Waals surface area (Å²) in [5.74, 6) is -0.281. The molecule has 0 unspecified atom stereocenters. The van der Waals surface area contributed by atoms with Crippen molar-refractivity contribution >= 4 is 35.0 Å². The number of carbonyl (C=O) groups excluding carboxylic acids is 2. The van der Waals surface area contributed by atoms with Gasteiger partial charge in [-0.05, 0) is 60.2 Å². The van der Waals surface area contributed by atoms with E-state index >= 15 is 0 Å². The lowest BCUT2D eigenvalue weighted by Crippen LogP contribution is -2.51. The summed E-state index contributed by atoms with van der Waals surface area (Å²) in [4.78, 5) is 28.8. The second kappa shape index (κ2) is 12.8. The highest BCUT2D eigenvalue weighted by Gasteiger charge is 2.30. The molecule has 2 amide bonds. The molecule has 0 fully saturated rings. The van der Waals surface area contributed by atoms with Crippen LogP contribution in [0.2, 0.25) is 10.0 Å². The number of hydrogen-bond donors (Lipinski definition) is 1. The minimum absolute atomic E-state index is 0.119. The minimum atomic E-state index is -0.669. The summed E-state index contributed by atoms with van der Waals surface area (Å²) in [6, 6.07) is 20.5. The lowest BCUT2D eigenvalue weighted by atomic mass is 10.00. The third-order valence-corrected chi connectivity index (χ3v) is 6.82. The number of hydrogen-bond acceptors (Lipinski definition) is 2. The van der Waals surface area contributed by atoms with Gasteiger partial charge in [-0.3, -0.25) is 9.59 Å². The zero-order valence-electron chi connectivity index (χ0n) is 20.5. The van der Waals surface area contributed by atoms with Crippen molar-refractivity contribution in [2.75, 3.05) is 6.54 Å². The largest absolute Gasteiger partial charge is 0.354 e. The van der Waals surface area contributed by atoms with E-state index in [1.807, 2.05) is 75.4 Å². The van der Waals surface area contributed by atoms with Crippen molar-refractivity contribution in [2.24, 2.45) is 0 Å². The number of benzene rings is 3. The molecule has 0 saturated carbocycles. The van der Waals surface area contributed by atoms with Gasteiger partial charge < -0.3 is 10.2 Å². The van der Waals surface area contributed by atoms with Crippen molar-refractivity contribution in [2.45, 2.75) is 52.6 Å². The van der Waals surface area contributed by atoms with Crippen LogP contribution in [0.3, 0.4) is 0 Å². The summed E-state index contributed by atoms with van der Waals surface area (Å²) >= 11 is 12.4. The monoisotopic (exact) mass is 510 g/mol. The second-order valence-electron chi connectivity index (χ2n) is 8.86.